The van der Waals surface area contributed by atoms with E-state index in [4.69, 9.17) is 9.84 Å². The highest BCUT2D eigenvalue weighted by atomic mass is 19.1. The Kier molecular flexibility index (Phi) is 5.32. The molecule has 0 radical (unpaired) electrons. The zero-order valence-corrected chi connectivity index (χ0v) is 14.4. The SMILES string of the molecule is COCCN(CC(=O)O)C(=O)c1nn(-c2ccccc2F)c2c1CCC2. The average molecular weight is 361 g/mol. The minimum atomic E-state index is -1.11. The van der Waals surface area contributed by atoms with E-state index in [-0.39, 0.29) is 24.5 Å². The second-order valence-electron chi connectivity index (χ2n) is 6.10. The lowest BCUT2D eigenvalue weighted by molar-refractivity contribution is -0.137. The monoisotopic (exact) mass is 361 g/mol. The standard InChI is InChI=1S/C18H20FN3O4/c1-26-10-9-21(11-16(23)24)18(25)17-12-5-4-8-14(12)22(20-17)15-7-3-2-6-13(15)19/h2-3,6-7H,4-5,8-11H2,1H3,(H,23,24). The number of amides is 1. The van der Waals surface area contributed by atoms with Gasteiger partial charge in [-0.1, -0.05) is 12.1 Å². The number of halogens is 1. The van der Waals surface area contributed by atoms with Crippen molar-refractivity contribution < 1.29 is 23.8 Å². The summed E-state index contributed by atoms with van der Waals surface area (Å²) in [7, 11) is 1.48. The zero-order chi connectivity index (χ0) is 18.7. The maximum absolute atomic E-state index is 14.2. The Balaban J connectivity index is 2.00. The minimum Gasteiger partial charge on any atom is -0.480 e. The van der Waals surface area contributed by atoms with Crippen molar-refractivity contribution in [1.29, 1.82) is 0 Å². The van der Waals surface area contributed by atoms with E-state index in [9.17, 15) is 14.0 Å². The molecule has 0 fully saturated rings. The van der Waals surface area contributed by atoms with E-state index in [2.05, 4.69) is 5.10 Å². The number of ether oxygens (including phenoxy) is 1. The molecule has 3 rings (SSSR count). The second kappa shape index (κ2) is 7.65. The molecular formula is C18H20FN3O4. The van der Waals surface area contributed by atoms with E-state index >= 15 is 0 Å². The third-order valence-electron chi connectivity index (χ3n) is 4.39. The van der Waals surface area contributed by atoms with Crippen LogP contribution in [0.4, 0.5) is 4.39 Å². The smallest absolute Gasteiger partial charge is 0.323 e. The molecule has 7 nitrogen and oxygen atoms in total. The van der Waals surface area contributed by atoms with Gasteiger partial charge in [-0.2, -0.15) is 5.10 Å². The summed E-state index contributed by atoms with van der Waals surface area (Å²) in [4.78, 5) is 25.2. The fourth-order valence-corrected chi connectivity index (χ4v) is 3.20. The van der Waals surface area contributed by atoms with Crippen LogP contribution in [0.2, 0.25) is 0 Å². The van der Waals surface area contributed by atoms with Crippen molar-refractivity contribution in [3.05, 3.63) is 47.0 Å². The van der Waals surface area contributed by atoms with Crippen LogP contribution < -0.4 is 0 Å². The third-order valence-corrected chi connectivity index (χ3v) is 4.39. The largest absolute Gasteiger partial charge is 0.480 e. The van der Waals surface area contributed by atoms with Crippen LogP contribution in [0.25, 0.3) is 5.69 Å². The summed E-state index contributed by atoms with van der Waals surface area (Å²) in [5.41, 5.74) is 2.05. The maximum atomic E-state index is 14.2. The zero-order valence-electron chi connectivity index (χ0n) is 14.4. The number of para-hydroxylation sites is 1. The van der Waals surface area contributed by atoms with Crippen LogP contribution >= 0.6 is 0 Å². The van der Waals surface area contributed by atoms with Crippen molar-refractivity contribution >= 4 is 11.9 Å². The molecule has 1 aromatic carbocycles. The highest BCUT2D eigenvalue weighted by Gasteiger charge is 2.30. The first kappa shape index (κ1) is 18.1. The fraction of sp³-hybridized carbons (Fsp3) is 0.389. The first-order chi connectivity index (χ1) is 12.5. The number of carbonyl (C=O) groups excluding carboxylic acids is 1. The molecule has 0 aliphatic heterocycles. The van der Waals surface area contributed by atoms with E-state index in [0.29, 0.717) is 12.8 Å². The van der Waals surface area contributed by atoms with E-state index < -0.39 is 24.2 Å². The molecule has 1 aliphatic rings. The Morgan fingerprint density at radius 2 is 2.12 bits per heavy atom. The summed E-state index contributed by atoms with van der Waals surface area (Å²) >= 11 is 0. The number of carboxylic acids is 1. The number of aliphatic carboxylic acids is 1. The highest BCUT2D eigenvalue weighted by Crippen LogP contribution is 2.29. The number of methoxy groups -OCH3 is 1. The van der Waals surface area contributed by atoms with Gasteiger partial charge in [-0.3, -0.25) is 9.59 Å². The number of carbonyl (C=O) groups is 2. The van der Waals surface area contributed by atoms with Crippen molar-refractivity contribution in [2.75, 3.05) is 26.8 Å². The highest BCUT2D eigenvalue weighted by molar-refractivity contribution is 5.96. The summed E-state index contributed by atoms with van der Waals surface area (Å²) < 4.78 is 20.6. The van der Waals surface area contributed by atoms with Crippen LogP contribution in [0.1, 0.15) is 28.2 Å². The number of hydrogen-bond acceptors (Lipinski definition) is 4. The predicted octanol–water partition coefficient (Wildman–Crippen LogP) is 1.67. The number of carboxylic acid groups (broad SMARTS) is 1. The molecule has 1 heterocycles. The van der Waals surface area contributed by atoms with E-state index in [1.807, 2.05) is 0 Å². The molecular weight excluding hydrogens is 341 g/mol. The average Bonchev–Trinajstić information content (AvgIpc) is 3.21. The quantitative estimate of drug-likeness (QED) is 0.811. The lowest BCUT2D eigenvalue weighted by Gasteiger charge is -2.19. The Labute approximate surface area is 150 Å². The molecule has 0 atom stereocenters. The maximum Gasteiger partial charge on any atom is 0.323 e. The number of benzene rings is 1. The molecule has 1 amide bonds. The lowest BCUT2D eigenvalue weighted by atomic mass is 10.2. The number of rotatable bonds is 7. The number of nitrogens with zero attached hydrogens (tertiary/aromatic N) is 3. The van der Waals surface area contributed by atoms with Crippen molar-refractivity contribution in [2.45, 2.75) is 19.3 Å². The van der Waals surface area contributed by atoms with Crippen LogP contribution in [0.5, 0.6) is 0 Å². The van der Waals surface area contributed by atoms with Crippen molar-refractivity contribution in [3.63, 3.8) is 0 Å². The molecule has 1 aromatic heterocycles. The van der Waals surface area contributed by atoms with Crippen LogP contribution in [0, 0.1) is 5.82 Å². The molecule has 138 valence electrons. The molecule has 8 heteroatoms. The van der Waals surface area contributed by atoms with Crippen LogP contribution in [-0.4, -0.2) is 58.5 Å². The topological polar surface area (TPSA) is 84.7 Å². The van der Waals surface area contributed by atoms with Crippen molar-refractivity contribution in [1.82, 2.24) is 14.7 Å². The van der Waals surface area contributed by atoms with Crippen LogP contribution in [-0.2, 0) is 22.4 Å². The number of fused-ring (bicyclic) bond motifs is 1. The van der Waals surface area contributed by atoms with Gasteiger partial charge in [-0.25, -0.2) is 9.07 Å². The molecule has 2 aromatic rings. The number of hydrogen-bond donors (Lipinski definition) is 1. The molecule has 26 heavy (non-hydrogen) atoms. The molecule has 0 spiro atoms. The van der Waals surface area contributed by atoms with Gasteiger partial charge in [0.1, 0.15) is 18.0 Å². The Bertz CT molecular complexity index is 834. The van der Waals surface area contributed by atoms with Gasteiger partial charge in [-0.05, 0) is 31.4 Å². The van der Waals surface area contributed by atoms with Crippen molar-refractivity contribution in [3.8, 4) is 5.69 Å². The predicted molar refractivity (Wildman–Crippen MR) is 91.0 cm³/mol. The van der Waals surface area contributed by atoms with Crippen LogP contribution in [0.3, 0.4) is 0 Å². The normalized spacial score (nSPS) is 12.8. The molecule has 0 bridgehead atoms. The summed E-state index contributed by atoms with van der Waals surface area (Å²) in [5, 5.41) is 13.4. The first-order valence-electron chi connectivity index (χ1n) is 8.38. The Morgan fingerprint density at radius 3 is 2.81 bits per heavy atom. The number of aromatic nitrogens is 2. The molecule has 0 saturated carbocycles. The summed E-state index contributed by atoms with van der Waals surface area (Å²) in [6, 6.07) is 6.25. The van der Waals surface area contributed by atoms with Gasteiger partial charge in [0.25, 0.3) is 5.91 Å². The van der Waals surface area contributed by atoms with E-state index in [0.717, 1.165) is 17.7 Å². The van der Waals surface area contributed by atoms with Gasteiger partial charge < -0.3 is 14.7 Å². The fourth-order valence-electron chi connectivity index (χ4n) is 3.20. The summed E-state index contributed by atoms with van der Waals surface area (Å²) in [6.07, 6.45) is 2.20. The summed E-state index contributed by atoms with van der Waals surface area (Å²) in [5.74, 6) is -2.01. The van der Waals surface area contributed by atoms with E-state index in [1.54, 1.807) is 18.2 Å². The molecule has 0 saturated heterocycles. The lowest BCUT2D eigenvalue weighted by Crippen LogP contribution is -2.38. The first-order valence-corrected chi connectivity index (χ1v) is 8.38. The van der Waals surface area contributed by atoms with Gasteiger partial charge in [0.15, 0.2) is 5.69 Å². The minimum absolute atomic E-state index is 0.142. The molecule has 0 unspecified atom stereocenters. The van der Waals surface area contributed by atoms with Gasteiger partial charge in [-0.15, -0.1) is 0 Å². The Morgan fingerprint density at radius 1 is 1.35 bits per heavy atom. The van der Waals surface area contributed by atoms with Crippen molar-refractivity contribution in [2.24, 2.45) is 0 Å². The molecule has 1 N–H and O–H groups in total. The van der Waals surface area contributed by atoms with Gasteiger partial charge in [0, 0.05) is 24.9 Å². The second-order valence-corrected chi connectivity index (χ2v) is 6.10. The summed E-state index contributed by atoms with van der Waals surface area (Å²) in [6.45, 7) is -0.0816. The van der Waals surface area contributed by atoms with Gasteiger partial charge >= 0.3 is 5.97 Å². The molecule has 1 aliphatic carbocycles. The third kappa shape index (κ3) is 3.45. The van der Waals surface area contributed by atoms with Gasteiger partial charge in [0.2, 0.25) is 0 Å². The Hall–Kier alpha value is -2.74. The van der Waals surface area contributed by atoms with E-state index in [1.165, 1.54) is 22.8 Å². The van der Waals surface area contributed by atoms with Crippen LogP contribution in [0.15, 0.2) is 24.3 Å². The van der Waals surface area contributed by atoms with Gasteiger partial charge in [0.05, 0.1) is 6.61 Å².